The molecule has 1 heterocycles. The number of thiol groups is 1. The first kappa shape index (κ1) is 15.8. The molecule has 0 unspecified atom stereocenters. The molecule has 3 rings (SSSR count). The van der Waals surface area contributed by atoms with Gasteiger partial charge in [-0.05, 0) is 23.8 Å². The van der Waals surface area contributed by atoms with Crippen LogP contribution in [0.5, 0.6) is 5.75 Å². The lowest BCUT2D eigenvalue weighted by Crippen LogP contribution is -2.03. The maximum absolute atomic E-state index is 11.8. The molecule has 6 heteroatoms. The molecule has 118 valence electrons. The molecule has 0 aliphatic carbocycles. The van der Waals surface area contributed by atoms with E-state index in [1.54, 1.807) is 25.3 Å². The number of fused-ring (bicyclic) bond motifs is 1. The number of aromatic nitrogens is 1. The molecular formula is C17H15NO3S2. The topological polar surface area (TPSA) is 56.3 Å². The third-order valence-electron chi connectivity index (χ3n) is 3.54. The second kappa shape index (κ2) is 5.86. The van der Waals surface area contributed by atoms with Gasteiger partial charge in [0.15, 0.2) is 14.9 Å². The lowest BCUT2D eigenvalue weighted by Gasteiger charge is -2.13. The molecular weight excluding hydrogens is 330 g/mol. The smallest absolute Gasteiger partial charge is 0.193 e. The highest BCUT2D eigenvalue weighted by Crippen LogP contribution is 2.38. The number of sulfone groups is 1. The van der Waals surface area contributed by atoms with Crippen LogP contribution in [0, 0.1) is 0 Å². The molecule has 0 spiro atoms. The summed E-state index contributed by atoms with van der Waals surface area (Å²) >= 11 is 4.31. The summed E-state index contributed by atoms with van der Waals surface area (Å²) in [7, 11) is -1.83. The Morgan fingerprint density at radius 2 is 1.78 bits per heavy atom. The van der Waals surface area contributed by atoms with Crippen molar-refractivity contribution in [1.82, 2.24) is 4.98 Å². The lowest BCUT2D eigenvalue weighted by molar-refractivity contribution is 0.417. The fourth-order valence-corrected chi connectivity index (χ4v) is 3.92. The Morgan fingerprint density at radius 1 is 1.09 bits per heavy atom. The van der Waals surface area contributed by atoms with E-state index in [1.165, 1.54) is 0 Å². The highest BCUT2D eigenvalue weighted by Gasteiger charge is 2.18. The van der Waals surface area contributed by atoms with Gasteiger partial charge in [0.05, 0.1) is 12.6 Å². The average molecular weight is 345 g/mol. The second-order valence-electron chi connectivity index (χ2n) is 5.16. The van der Waals surface area contributed by atoms with Crippen LogP contribution in [-0.4, -0.2) is 26.8 Å². The summed E-state index contributed by atoms with van der Waals surface area (Å²) in [6, 6.07) is 15.0. The van der Waals surface area contributed by atoms with Crippen molar-refractivity contribution >= 4 is 33.4 Å². The molecule has 0 atom stereocenters. The molecule has 0 amide bonds. The summed E-state index contributed by atoms with van der Waals surface area (Å²) in [5, 5.41) is 0.783. The van der Waals surface area contributed by atoms with E-state index < -0.39 is 9.84 Å². The Labute approximate surface area is 140 Å². The number of hydrogen-bond acceptors (Lipinski definition) is 5. The molecule has 0 aliphatic rings. The zero-order valence-electron chi connectivity index (χ0n) is 12.6. The van der Waals surface area contributed by atoms with Crippen LogP contribution in [0.3, 0.4) is 0 Å². The lowest BCUT2D eigenvalue weighted by atomic mass is 9.99. The van der Waals surface area contributed by atoms with E-state index in [1.807, 2.05) is 30.3 Å². The number of methoxy groups -OCH3 is 1. The van der Waals surface area contributed by atoms with E-state index >= 15 is 0 Å². The van der Waals surface area contributed by atoms with Gasteiger partial charge in [0, 0.05) is 22.1 Å². The maximum atomic E-state index is 11.8. The van der Waals surface area contributed by atoms with Crippen molar-refractivity contribution in [2.45, 2.75) is 9.92 Å². The summed E-state index contributed by atoms with van der Waals surface area (Å²) < 4.78 is 29.2. The zero-order chi connectivity index (χ0) is 16.6. The number of ether oxygens (including phenoxy) is 1. The number of rotatable bonds is 3. The summed E-state index contributed by atoms with van der Waals surface area (Å²) in [5.41, 5.74) is 2.42. The highest BCUT2D eigenvalue weighted by atomic mass is 32.2. The van der Waals surface area contributed by atoms with Gasteiger partial charge in [-0.3, -0.25) is 0 Å². The third-order valence-corrected chi connectivity index (χ3v) is 5.05. The van der Waals surface area contributed by atoms with Gasteiger partial charge in [0.25, 0.3) is 0 Å². The van der Waals surface area contributed by atoms with Crippen molar-refractivity contribution in [3.63, 3.8) is 0 Å². The predicted octanol–water partition coefficient (Wildman–Crippen LogP) is 3.60. The van der Waals surface area contributed by atoms with Crippen LogP contribution in [0.2, 0.25) is 0 Å². The quantitative estimate of drug-likeness (QED) is 0.737. The Morgan fingerprint density at radius 3 is 2.39 bits per heavy atom. The molecule has 1 aromatic heterocycles. The number of benzene rings is 2. The van der Waals surface area contributed by atoms with Crippen LogP contribution in [0.4, 0.5) is 0 Å². The van der Waals surface area contributed by atoms with Crippen LogP contribution in [0.1, 0.15) is 0 Å². The second-order valence-corrected chi connectivity index (χ2v) is 7.57. The van der Waals surface area contributed by atoms with Gasteiger partial charge in [-0.2, -0.15) is 0 Å². The van der Waals surface area contributed by atoms with Crippen molar-refractivity contribution in [1.29, 1.82) is 0 Å². The van der Waals surface area contributed by atoms with Gasteiger partial charge in [-0.25, -0.2) is 13.4 Å². The first-order chi connectivity index (χ1) is 10.9. The van der Waals surface area contributed by atoms with E-state index in [4.69, 9.17) is 4.74 Å². The molecule has 2 aromatic carbocycles. The van der Waals surface area contributed by atoms with Crippen molar-refractivity contribution in [3.05, 3.63) is 48.5 Å². The summed E-state index contributed by atoms with van der Waals surface area (Å²) in [6.45, 7) is 0. The molecule has 0 aliphatic heterocycles. The monoisotopic (exact) mass is 345 g/mol. The Balaban J connectivity index is 2.41. The van der Waals surface area contributed by atoms with E-state index in [0.29, 0.717) is 16.2 Å². The fourth-order valence-electron chi connectivity index (χ4n) is 2.54. The Bertz CT molecular complexity index is 984. The van der Waals surface area contributed by atoms with Gasteiger partial charge in [0.2, 0.25) is 0 Å². The maximum Gasteiger partial charge on any atom is 0.193 e. The van der Waals surface area contributed by atoms with Gasteiger partial charge in [0.1, 0.15) is 5.75 Å². The number of hydrogen-bond donors (Lipinski definition) is 1. The molecule has 0 saturated heterocycles. The van der Waals surface area contributed by atoms with E-state index in [0.717, 1.165) is 22.8 Å². The number of nitrogens with zero attached hydrogens (tertiary/aromatic N) is 1. The van der Waals surface area contributed by atoms with Crippen molar-refractivity contribution in [3.8, 4) is 16.9 Å². The highest BCUT2D eigenvalue weighted by molar-refractivity contribution is 7.91. The number of pyridine rings is 1. The summed E-state index contributed by atoms with van der Waals surface area (Å²) in [4.78, 5) is 4.61. The molecule has 0 N–H and O–H groups in total. The van der Waals surface area contributed by atoms with Gasteiger partial charge < -0.3 is 4.74 Å². The van der Waals surface area contributed by atoms with Crippen LogP contribution >= 0.6 is 12.6 Å². The minimum atomic E-state index is -3.44. The molecule has 3 aromatic rings. The van der Waals surface area contributed by atoms with Gasteiger partial charge in [-0.15, -0.1) is 12.6 Å². The molecule has 0 radical (unpaired) electrons. The van der Waals surface area contributed by atoms with E-state index in [9.17, 15) is 8.42 Å². The molecule has 0 bridgehead atoms. The molecule has 0 saturated carbocycles. The summed E-state index contributed by atoms with van der Waals surface area (Å²) in [6.07, 6.45) is 1.13. The van der Waals surface area contributed by atoms with E-state index in [-0.39, 0.29) is 5.03 Å². The minimum absolute atomic E-state index is 0.0162. The van der Waals surface area contributed by atoms with Gasteiger partial charge in [-0.1, -0.05) is 30.3 Å². The molecule has 23 heavy (non-hydrogen) atoms. The molecule has 4 nitrogen and oxygen atoms in total. The predicted molar refractivity (Wildman–Crippen MR) is 94.1 cm³/mol. The first-order valence-corrected chi connectivity index (χ1v) is 9.22. The standard InChI is InChI=1S/C17H15NO3S2/c1-21-14-9-8-13-12(16(14)11-6-4-3-5-7-11)10-15(22)17(18-13)23(2,19)20/h3-10,22H,1-2H3. The Kier molecular flexibility index (Phi) is 4.04. The largest absolute Gasteiger partial charge is 0.496 e. The first-order valence-electron chi connectivity index (χ1n) is 6.88. The SMILES string of the molecule is COc1ccc2nc(S(C)(=O)=O)c(S)cc2c1-c1ccccc1. The Hall–Kier alpha value is -2.05. The van der Waals surface area contributed by atoms with Crippen LogP contribution < -0.4 is 4.74 Å². The van der Waals surface area contributed by atoms with E-state index in [2.05, 4.69) is 17.6 Å². The fraction of sp³-hybridized carbons (Fsp3) is 0.118. The third kappa shape index (κ3) is 2.92. The van der Waals surface area contributed by atoms with Gasteiger partial charge >= 0.3 is 0 Å². The zero-order valence-corrected chi connectivity index (χ0v) is 14.4. The normalized spacial score (nSPS) is 11.6. The van der Waals surface area contributed by atoms with Crippen molar-refractivity contribution in [2.75, 3.05) is 13.4 Å². The van der Waals surface area contributed by atoms with Crippen molar-refractivity contribution in [2.24, 2.45) is 0 Å². The van der Waals surface area contributed by atoms with Crippen LogP contribution in [0.25, 0.3) is 22.0 Å². The molecule has 0 fully saturated rings. The summed E-state index contributed by atoms with van der Waals surface area (Å²) in [5.74, 6) is 0.699. The van der Waals surface area contributed by atoms with Crippen LogP contribution in [0.15, 0.2) is 58.5 Å². The van der Waals surface area contributed by atoms with Crippen molar-refractivity contribution < 1.29 is 13.2 Å². The van der Waals surface area contributed by atoms with Crippen LogP contribution in [-0.2, 0) is 9.84 Å². The average Bonchev–Trinajstić information content (AvgIpc) is 2.53. The minimum Gasteiger partial charge on any atom is -0.496 e.